The number of likely N-dealkylation sites (tertiary alicyclic amines) is 1. The Morgan fingerprint density at radius 2 is 1.97 bits per heavy atom. The maximum absolute atomic E-state index is 12.3. The van der Waals surface area contributed by atoms with E-state index in [0.29, 0.717) is 12.3 Å². The summed E-state index contributed by atoms with van der Waals surface area (Å²) in [5.74, 6) is -0.399. The number of nitrogens with one attached hydrogen (secondary N) is 1. The molecule has 8 nitrogen and oxygen atoms in total. The van der Waals surface area contributed by atoms with E-state index >= 15 is 0 Å². The summed E-state index contributed by atoms with van der Waals surface area (Å²) < 4.78 is 37.2. The lowest BCUT2D eigenvalue weighted by Crippen LogP contribution is -2.44. The van der Waals surface area contributed by atoms with E-state index in [1.54, 1.807) is 17.0 Å². The van der Waals surface area contributed by atoms with Gasteiger partial charge >= 0.3 is 5.97 Å². The van der Waals surface area contributed by atoms with Crippen LogP contribution in [0.15, 0.2) is 52.0 Å². The molecule has 1 fully saturated rings. The van der Waals surface area contributed by atoms with Crippen molar-refractivity contribution in [2.24, 2.45) is 0 Å². The Bertz CT molecular complexity index is 938. The first-order valence-corrected chi connectivity index (χ1v) is 10.9. The fraction of sp³-hybridized carbons (Fsp3) is 0.400. The van der Waals surface area contributed by atoms with Crippen LogP contribution in [0.3, 0.4) is 0 Å². The maximum Gasteiger partial charge on any atom is 0.338 e. The number of esters is 1. The average molecular weight is 420 g/mol. The molecule has 0 unspecified atom stereocenters. The van der Waals surface area contributed by atoms with Gasteiger partial charge in [0.05, 0.1) is 23.3 Å². The number of hydrogen-bond donors (Lipinski definition) is 1. The number of amides is 1. The molecule has 0 saturated carbocycles. The molecule has 156 valence electrons. The van der Waals surface area contributed by atoms with Crippen LogP contribution in [0.4, 0.5) is 0 Å². The predicted molar refractivity (Wildman–Crippen MR) is 104 cm³/mol. The van der Waals surface area contributed by atoms with Gasteiger partial charge in [0.2, 0.25) is 10.0 Å². The van der Waals surface area contributed by atoms with Crippen molar-refractivity contribution in [2.75, 3.05) is 13.2 Å². The van der Waals surface area contributed by atoms with E-state index in [2.05, 4.69) is 4.72 Å². The number of benzene rings is 1. The highest BCUT2D eigenvalue weighted by Crippen LogP contribution is 2.17. The first-order chi connectivity index (χ1) is 13.9. The lowest BCUT2D eigenvalue weighted by atomic mass is 10.0. The Kier molecular flexibility index (Phi) is 6.71. The molecule has 0 spiro atoms. The Labute approximate surface area is 169 Å². The first-order valence-electron chi connectivity index (χ1n) is 9.45. The quantitative estimate of drug-likeness (QED) is 0.689. The molecule has 0 aliphatic carbocycles. The van der Waals surface area contributed by atoms with Gasteiger partial charge in [0.1, 0.15) is 5.76 Å². The van der Waals surface area contributed by atoms with Gasteiger partial charge in [-0.3, -0.25) is 4.79 Å². The van der Waals surface area contributed by atoms with Crippen molar-refractivity contribution in [3.63, 3.8) is 0 Å². The number of carbonyl (C=O) groups excluding carboxylic acids is 2. The molecule has 1 aliphatic heterocycles. The zero-order valence-electron chi connectivity index (χ0n) is 16.2. The molecule has 29 heavy (non-hydrogen) atoms. The molecule has 3 rings (SSSR count). The van der Waals surface area contributed by atoms with Crippen molar-refractivity contribution in [1.82, 2.24) is 9.62 Å². The first kappa shape index (κ1) is 21.1. The average Bonchev–Trinajstić information content (AvgIpc) is 3.24. The third-order valence-electron chi connectivity index (χ3n) is 4.87. The standard InChI is InChI=1S/C20H24N2O6S/c1-15-5-2-3-11-22(15)19(23)14-28-20(24)16-7-9-18(10-8-16)29(25,26)21-13-17-6-4-12-27-17/h4,6-10,12,15,21H,2-3,5,11,13-14H2,1H3/t15-/m0/s1. The van der Waals surface area contributed by atoms with E-state index in [1.165, 1.54) is 30.5 Å². The Balaban J connectivity index is 1.54. The number of carbonyl (C=O) groups is 2. The van der Waals surface area contributed by atoms with Crippen molar-refractivity contribution in [1.29, 1.82) is 0 Å². The van der Waals surface area contributed by atoms with E-state index in [0.717, 1.165) is 19.3 Å². The van der Waals surface area contributed by atoms with Gasteiger partial charge in [0.25, 0.3) is 5.91 Å². The lowest BCUT2D eigenvalue weighted by molar-refractivity contribution is -0.137. The summed E-state index contributed by atoms with van der Waals surface area (Å²) in [6.45, 7) is 2.36. The van der Waals surface area contributed by atoms with Crippen molar-refractivity contribution in [2.45, 2.75) is 43.7 Å². The van der Waals surface area contributed by atoms with Crippen LogP contribution in [0.25, 0.3) is 0 Å². The van der Waals surface area contributed by atoms with Crippen molar-refractivity contribution >= 4 is 21.9 Å². The van der Waals surface area contributed by atoms with Gasteiger partial charge in [-0.2, -0.15) is 0 Å². The number of ether oxygens (including phenoxy) is 1. The number of hydrogen-bond acceptors (Lipinski definition) is 6. The van der Waals surface area contributed by atoms with Gasteiger partial charge in [-0.25, -0.2) is 17.9 Å². The molecule has 1 aromatic carbocycles. The van der Waals surface area contributed by atoms with Crippen LogP contribution in [0.2, 0.25) is 0 Å². The maximum atomic E-state index is 12.3. The number of furan rings is 1. The van der Waals surface area contributed by atoms with Crippen LogP contribution in [0.5, 0.6) is 0 Å². The normalized spacial score (nSPS) is 17.1. The minimum absolute atomic E-state index is 0.0128. The topological polar surface area (TPSA) is 106 Å². The van der Waals surface area contributed by atoms with Crippen molar-refractivity contribution < 1.29 is 27.2 Å². The molecule has 1 aromatic heterocycles. The van der Waals surface area contributed by atoms with Crippen LogP contribution in [0.1, 0.15) is 42.3 Å². The monoisotopic (exact) mass is 420 g/mol. The highest BCUT2D eigenvalue weighted by atomic mass is 32.2. The number of sulfonamides is 1. The Morgan fingerprint density at radius 3 is 2.62 bits per heavy atom. The summed E-state index contributed by atoms with van der Waals surface area (Å²) in [5, 5.41) is 0. The molecule has 1 atom stereocenters. The highest BCUT2D eigenvalue weighted by Gasteiger charge is 2.24. The van der Waals surface area contributed by atoms with Gasteiger partial charge in [0, 0.05) is 12.6 Å². The molecule has 0 bridgehead atoms. The second-order valence-electron chi connectivity index (χ2n) is 6.94. The molecule has 2 heterocycles. The predicted octanol–water partition coefficient (Wildman–Crippen LogP) is 2.32. The van der Waals surface area contributed by atoms with E-state index < -0.39 is 16.0 Å². The summed E-state index contributed by atoms with van der Waals surface area (Å²) in [4.78, 5) is 26.2. The Hall–Kier alpha value is -2.65. The van der Waals surface area contributed by atoms with E-state index in [1.807, 2.05) is 6.92 Å². The zero-order chi connectivity index (χ0) is 20.9. The molecule has 1 aliphatic rings. The summed E-state index contributed by atoms with van der Waals surface area (Å²) in [6, 6.07) is 8.82. The van der Waals surface area contributed by atoms with E-state index in [-0.39, 0.29) is 35.6 Å². The van der Waals surface area contributed by atoms with Crippen molar-refractivity contribution in [3.05, 3.63) is 54.0 Å². The largest absolute Gasteiger partial charge is 0.468 e. The van der Waals surface area contributed by atoms with Gasteiger partial charge in [-0.1, -0.05) is 0 Å². The van der Waals surface area contributed by atoms with Crippen LogP contribution in [-0.2, 0) is 26.1 Å². The summed E-state index contributed by atoms with van der Waals surface area (Å²) >= 11 is 0. The second-order valence-corrected chi connectivity index (χ2v) is 8.70. The summed E-state index contributed by atoms with van der Waals surface area (Å²) in [6.07, 6.45) is 4.45. The molecular formula is C20H24N2O6S. The number of piperidine rings is 1. The molecule has 1 amide bonds. The zero-order valence-corrected chi connectivity index (χ0v) is 17.0. The lowest BCUT2D eigenvalue weighted by Gasteiger charge is -2.33. The minimum atomic E-state index is -3.75. The third-order valence-corrected chi connectivity index (χ3v) is 6.28. The minimum Gasteiger partial charge on any atom is -0.468 e. The molecule has 0 radical (unpaired) electrons. The Morgan fingerprint density at radius 1 is 1.21 bits per heavy atom. The molecule has 2 aromatic rings. The molecular weight excluding hydrogens is 396 g/mol. The highest BCUT2D eigenvalue weighted by molar-refractivity contribution is 7.89. The van der Waals surface area contributed by atoms with Gasteiger partial charge in [-0.05, 0) is 62.6 Å². The third kappa shape index (κ3) is 5.45. The number of rotatable bonds is 7. The fourth-order valence-electron chi connectivity index (χ4n) is 3.19. The van der Waals surface area contributed by atoms with Crippen LogP contribution < -0.4 is 4.72 Å². The van der Waals surface area contributed by atoms with Gasteiger partial charge in [-0.15, -0.1) is 0 Å². The smallest absolute Gasteiger partial charge is 0.338 e. The molecule has 9 heteroatoms. The SMILES string of the molecule is C[C@H]1CCCCN1C(=O)COC(=O)c1ccc(S(=O)(=O)NCc2ccco2)cc1. The summed E-state index contributed by atoms with van der Waals surface area (Å²) in [5.41, 5.74) is 0.175. The van der Waals surface area contributed by atoms with Crippen molar-refractivity contribution in [3.8, 4) is 0 Å². The van der Waals surface area contributed by atoms with Gasteiger partial charge < -0.3 is 14.1 Å². The fourth-order valence-corrected chi connectivity index (χ4v) is 4.19. The van der Waals surface area contributed by atoms with E-state index in [4.69, 9.17) is 9.15 Å². The molecule has 1 saturated heterocycles. The van der Waals surface area contributed by atoms with Gasteiger partial charge in [0.15, 0.2) is 6.61 Å². The van der Waals surface area contributed by atoms with Crippen LogP contribution >= 0.6 is 0 Å². The number of nitrogens with zero attached hydrogens (tertiary/aromatic N) is 1. The van der Waals surface area contributed by atoms with Crippen LogP contribution in [0, 0.1) is 0 Å². The van der Waals surface area contributed by atoms with Crippen LogP contribution in [-0.4, -0.2) is 44.4 Å². The van der Waals surface area contributed by atoms with E-state index in [9.17, 15) is 18.0 Å². The summed E-state index contributed by atoms with van der Waals surface area (Å²) in [7, 11) is -3.75. The molecule has 1 N–H and O–H groups in total. The second kappa shape index (κ2) is 9.23.